The third kappa shape index (κ3) is 1.72. The van der Waals surface area contributed by atoms with E-state index in [9.17, 15) is 8.78 Å². The summed E-state index contributed by atoms with van der Waals surface area (Å²) in [6.07, 6.45) is 0. The highest BCUT2D eigenvalue weighted by atomic mass is 19.3. The van der Waals surface area contributed by atoms with Crippen LogP contribution in [0.3, 0.4) is 0 Å². The molecule has 0 spiro atoms. The van der Waals surface area contributed by atoms with Gasteiger partial charge in [0.1, 0.15) is 0 Å². The standard InChI is InChI=1S/C7H8F2N2/c8-7(9,11-10)6-4-2-1-3-5-6/h1-5,11H,10H2. The second-order valence-electron chi connectivity index (χ2n) is 2.08. The van der Waals surface area contributed by atoms with Crippen molar-refractivity contribution in [2.45, 2.75) is 6.05 Å². The summed E-state index contributed by atoms with van der Waals surface area (Å²) in [5.74, 6) is 4.64. The predicted octanol–water partition coefficient (Wildman–Crippen LogP) is 1.20. The van der Waals surface area contributed by atoms with Crippen LogP contribution in [-0.2, 0) is 6.05 Å². The fourth-order valence-electron chi connectivity index (χ4n) is 0.731. The van der Waals surface area contributed by atoms with Gasteiger partial charge < -0.3 is 0 Å². The highest BCUT2D eigenvalue weighted by Crippen LogP contribution is 2.22. The molecular formula is C7H8F2N2. The van der Waals surface area contributed by atoms with Crippen LogP contribution in [0, 0.1) is 0 Å². The van der Waals surface area contributed by atoms with E-state index in [0.717, 1.165) is 0 Å². The van der Waals surface area contributed by atoms with E-state index < -0.39 is 6.05 Å². The van der Waals surface area contributed by atoms with Crippen LogP contribution in [0.5, 0.6) is 0 Å². The Morgan fingerprint density at radius 3 is 2.18 bits per heavy atom. The third-order valence-electron chi connectivity index (χ3n) is 1.32. The molecule has 0 bridgehead atoms. The van der Waals surface area contributed by atoms with Crippen molar-refractivity contribution in [2.75, 3.05) is 0 Å². The van der Waals surface area contributed by atoms with Crippen molar-refractivity contribution in [3.8, 4) is 0 Å². The number of hydrogen-bond acceptors (Lipinski definition) is 2. The molecule has 0 aromatic heterocycles. The van der Waals surface area contributed by atoms with Crippen molar-refractivity contribution in [1.82, 2.24) is 5.43 Å². The van der Waals surface area contributed by atoms with E-state index in [1.54, 1.807) is 6.07 Å². The van der Waals surface area contributed by atoms with Gasteiger partial charge in [-0.1, -0.05) is 30.3 Å². The van der Waals surface area contributed by atoms with Crippen molar-refractivity contribution in [3.63, 3.8) is 0 Å². The minimum absolute atomic E-state index is 0.137. The fraction of sp³-hybridized carbons (Fsp3) is 0.143. The largest absolute Gasteiger partial charge is 0.341 e. The Kier molecular flexibility index (Phi) is 2.16. The first-order valence-electron chi connectivity index (χ1n) is 3.08. The molecule has 60 valence electrons. The molecule has 4 heteroatoms. The molecule has 0 amide bonds. The molecule has 2 nitrogen and oxygen atoms in total. The molecule has 0 saturated heterocycles. The van der Waals surface area contributed by atoms with Crippen LogP contribution in [0.25, 0.3) is 0 Å². The van der Waals surface area contributed by atoms with E-state index in [4.69, 9.17) is 0 Å². The maximum absolute atomic E-state index is 12.6. The van der Waals surface area contributed by atoms with E-state index >= 15 is 0 Å². The molecule has 1 rings (SSSR count). The van der Waals surface area contributed by atoms with E-state index in [1.165, 1.54) is 29.7 Å². The first-order valence-corrected chi connectivity index (χ1v) is 3.08. The topological polar surface area (TPSA) is 38.0 Å². The van der Waals surface area contributed by atoms with Crippen molar-refractivity contribution >= 4 is 0 Å². The Morgan fingerprint density at radius 2 is 1.73 bits per heavy atom. The third-order valence-corrected chi connectivity index (χ3v) is 1.32. The molecule has 1 aromatic rings. The summed E-state index contributed by atoms with van der Waals surface area (Å²) >= 11 is 0. The number of nitrogens with one attached hydrogen (secondary N) is 1. The predicted molar refractivity (Wildman–Crippen MR) is 37.7 cm³/mol. The van der Waals surface area contributed by atoms with E-state index in [1.807, 2.05) is 0 Å². The van der Waals surface area contributed by atoms with E-state index in [-0.39, 0.29) is 5.56 Å². The zero-order valence-electron chi connectivity index (χ0n) is 5.72. The summed E-state index contributed by atoms with van der Waals surface area (Å²) in [5, 5.41) is 0. The molecule has 0 aliphatic heterocycles. The minimum Gasteiger partial charge on any atom is -0.266 e. The molecule has 11 heavy (non-hydrogen) atoms. The summed E-state index contributed by atoms with van der Waals surface area (Å²) in [4.78, 5) is 0. The molecule has 3 N–H and O–H groups in total. The molecule has 0 aliphatic rings. The first-order chi connectivity index (χ1) is 5.17. The number of hydrazine groups is 1. The van der Waals surface area contributed by atoms with Gasteiger partial charge >= 0.3 is 6.05 Å². The number of benzene rings is 1. The van der Waals surface area contributed by atoms with Crippen molar-refractivity contribution < 1.29 is 8.78 Å². The average Bonchev–Trinajstić information content (AvgIpc) is 2.06. The van der Waals surface area contributed by atoms with Gasteiger partial charge in [0.2, 0.25) is 0 Å². The lowest BCUT2D eigenvalue weighted by atomic mass is 10.2. The smallest absolute Gasteiger partial charge is 0.266 e. The highest BCUT2D eigenvalue weighted by Gasteiger charge is 2.28. The van der Waals surface area contributed by atoms with Crippen molar-refractivity contribution in [1.29, 1.82) is 0 Å². The quantitative estimate of drug-likeness (QED) is 0.385. The second-order valence-corrected chi connectivity index (χ2v) is 2.08. The summed E-state index contributed by atoms with van der Waals surface area (Å²) in [7, 11) is 0. The van der Waals surface area contributed by atoms with Crippen molar-refractivity contribution in [2.24, 2.45) is 5.84 Å². The van der Waals surface area contributed by atoms with Crippen LogP contribution in [0.1, 0.15) is 5.56 Å². The molecule has 0 fully saturated rings. The molecule has 0 atom stereocenters. The van der Waals surface area contributed by atoms with E-state index in [0.29, 0.717) is 0 Å². The lowest BCUT2D eigenvalue weighted by Gasteiger charge is -2.13. The Bertz CT molecular complexity index is 223. The van der Waals surface area contributed by atoms with Crippen LogP contribution < -0.4 is 11.3 Å². The van der Waals surface area contributed by atoms with Gasteiger partial charge in [-0.25, -0.2) is 0 Å². The summed E-state index contributed by atoms with van der Waals surface area (Å²) < 4.78 is 25.3. The van der Waals surface area contributed by atoms with Crippen LogP contribution >= 0.6 is 0 Å². The maximum atomic E-state index is 12.6. The average molecular weight is 158 g/mol. The molecular weight excluding hydrogens is 150 g/mol. The molecule has 0 radical (unpaired) electrons. The molecule has 0 saturated carbocycles. The van der Waals surface area contributed by atoms with Crippen LogP contribution in [0.4, 0.5) is 8.78 Å². The highest BCUT2D eigenvalue weighted by molar-refractivity contribution is 5.18. The Morgan fingerprint density at radius 1 is 1.18 bits per heavy atom. The SMILES string of the molecule is NNC(F)(F)c1ccccc1. The Labute approximate surface area is 63.0 Å². The van der Waals surface area contributed by atoms with Gasteiger partial charge in [0.05, 0.1) is 0 Å². The maximum Gasteiger partial charge on any atom is 0.341 e. The zero-order valence-corrected chi connectivity index (χ0v) is 5.72. The van der Waals surface area contributed by atoms with Crippen LogP contribution in [0.2, 0.25) is 0 Å². The van der Waals surface area contributed by atoms with Crippen molar-refractivity contribution in [3.05, 3.63) is 35.9 Å². The number of rotatable bonds is 2. The van der Waals surface area contributed by atoms with Gasteiger partial charge in [-0.15, -0.1) is 0 Å². The Hall–Kier alpha value is -1.00. The normalized spacial score (nSPS) is 11.5. The molecule has 0 unspecified atom stereocenters. The van der Waals surface area contributed by atoms with Gasteiger partial charge in [-0.05, 0) is 0 Å². The monoisotopic (exact) mass is 158 g/mol. The number of halogens is 2. The fourth-order valence-corrected chi connectivity index (χ4v) is 0.731. The number of hydrogen-bond donors (Lipinski definition) is 2. The summed E-state index contributed by atoms with van der Waals surface area (Å²) in [6, 6.07) is 4.19. The molecule has 0 aliphatic carbocycles. The number of nitrogens with two attached hydrogens (primary N) is 1. The molecule has 0 heterocycles. The van der Waals surface area contributed by atoms with Gasteiger partial charge in [0.15, 0.2) is 0 Å². The van der Waals surface area contributed by atoms with Crippen LogP contribution in [-0.4, -0.2) is 0 Å². The summed E-state index contributed by atoms with van der Waals surface area (Å²) in [5.41, 5.74) is 1.29. The van der Waals surface area contributed by atoms with Gasteiger partial charge in [0.25, 0.3) is 0 Å². The minimum atomic E-state index is -3.14. The van der Waals surface area contributed by atoms with Gasteiger partial charge in [-0.3, -0.25) is 5.84 Å². The van der Waals surface area contributed by atoms with Gasteiger partial charge in [0, 0.05) is 5.56 Å². The number of alkyl halides is 2. The second kappa shape index (κ2) is 2.94. The van der Waals surface area contributed by atoms with Gasteiger partial charge in [-0.2, -0.15) is 14.2 Å². The molecule has 1 aromatic carbocycles. The Balaban J connectivity index is 2.93. The van der Waals surface area contributed by atoms with E-state index in [2.05, 4.69) is 5.84 Å². The lowest BCUT2D eigenvalue weighted by Crippen LogP contribution is -2.39. The first kappa shape index (κ1) is 8.10. The zero-order chi connectivity index (χ0) is 8.32. The lowest BCUT2D eigenvalue weighted by molar-refractivity contribution is -0.0413. The van der Waals surface area contributed by atoms with Crippen LogP contribution in [0.15, 0.2) is 30.3 Å². The summed E-state index contributed by atoms with van der Waals surface area (Å²) in [6.45, 7) is 0.